The first kappa shape index (κ1) is 15.8. The van der Waals surface area contributed by atoms with Crippen molar-refractivity contribution in [3.8, 4) is 0 Å². The van der Waals surface area contributed by atoms with Crippen LogP contribution in [0, 0.1) is 5.82 Å². The molecule has 0 atom stereocenters. The van der Waals surface area contributed by atoms with Gasteiger partial charge in [0.2, 0.25) is 5.91 Å². The Balaban J connectivity index is 1.72. The molecule has 0 aliphatic carbocycles. The van der Waals surface area contributed by atoms with Gasteiger partial charge in [0.15, 0.2) is 0 Å². The third-order valence-corrected chi connectivity index (χ3v) is 3.55. The number of hydrogen-bond acceptors (Lipinski definition) is 4. The highest BCUT2D eigenvalue weighted by atomic mass is 19.1. The maximum absolute atomic E-state index is 13.0. The van der Waals surface area contributed by atoms with Gasteiger partial charge in [0.1, 0.15) is 11.5 Å². The highest BCUT2D eigenvalue weighted by Crippen LogP contribution is 2.15. The van der Waals surface area contributed by atoms with E-state index in [9.17, 15) is 14.0 Å². The fourth-order valence-corrected chi connectivity index (χ4v) is 2.29. The molecule has 1 N–H and O–H groups in total. The van der Waals surface area contributed by atoms with Gasteiger partial charge < -0.3 is 5.32 Å². The normalized spacial score (nSPS) is 14.3. The summed E-state index contributed by atoms with van der Waals surface area (Å²) in [5.41, 5.74) is 1.64. The van der Waals surface area contributed by atoms with Crippen LogP contribution in [0.1, 0.15) is 18.4 Å². The molecule has 2 aromatic rings. The Kier molecular flexibility index (Phi) is 4.60. The van der Waals surface area contributed by atoms with Gasteiger partial charge in [-0.3, -0.25) is 14.6 Å². The van der Waals surface area contributed by atoms with Crippen molar-refractivity contribution in [1.29, 1.82) is 0 Å². The summed E-state index contributed by atoms with van der Waals surface area (Å²) in [6, 6.07) is 9.16. The number of amides is 2. The van der Waals surface area contributed by atoms with Crippen molar-refractivity contribution >= 4 is 23.2 Å². The van der Waals surface area contributed by atoms with Crippen molar-refractivity contribution in [3.05, 3.63) is 60.2 Å². The van der Waals surface area contributed by atoms with Crippen molar-refractivity contribution in [2.75, 3.05) is 5.32 Å². The topological polar surface area (TPSA) is 74.7 Å². The van der Waals surface area contributed by atoms with E-state index in [1.165, 1.54) is 17.1 Å². The molecule has 0 saturated heterocycles. The lowest BCUT2D eigenvalue weighted by Crippen LogP contribution is -2.36. The summed E-state index contributed by atoms with van der Waals surface area (Å²) < 4.78 is 13.0. The fraction of sp³-hybridized carbons (Fsp3) is 0.176. The average molecular weight is 326 g/mol. The number of rotatable bonds is 4. The number of carbonyl (C=O) groups excluding carboxylic acids is 2. The van der Waals surface area contributed by atoms with Gasteiger partial charge in [-0.25, -0.2) is 9.40 Å². The average Bonchev–Trinajstić information content (AvgIpc) is 2.59. The Labute approximate surface area is 138 Å². The molecule has 2 heterocycles. The molecular weight excluding hydrogens is 311 g/mol. The Bertz CT molecular complexity index is 775. The van der Waals surface area contributed by atoms with Gasteiger partial charge >= 0.3 is 0 Å². The summed E-state index contributed by atoms with van der Waals surface area (Å²) in [7, 11) is 0. The number of aromatic nitrogens is 1. The lowest BCUT2D eigenvalue weighted by atomic mass is 10.1. The van der Waals surface area contributed by atoms with Crippen molar-refractivity contribution in [1.82, 2.24) is 9.99 Å². The zero-order chi connectivity index (χ0) is 16.9. The minimum absolute atomic E-state index is 0.167. The van der Waals surface area contributed by atoms with Gasteiger partial charge in [-0.15, -0.1) is 0 Å². The zero-order valence-electron chi connectivity index (χ0n) is 12.8. The Morgan fingerprint density at radius 2 is 1.83 bits per heavy atom. The molecule has 7 heteroatoms. The summed E-state index contributed by atoms with van der Waals surface area (Å²) in [4.78, 5) is 28.1. The molecule has 1 aromatic heterocycles. The fourth-order valence-electron chi connectivity index (χ4n) is 2.29. The molecule has 1 aliphatic heterocycles. The molecule has 0 radical (unpaired) electrons. The van der Waals surface area contributed by atoms with Gasteiger partial charge in [-0.2, -0.15) is 5.10 Å². The molecule has 122 valence electrons. The minimum Gasteiger partial charge on any atom is -0.321 e. The van der Waals surface area contributed by atoms with Crippen molar-refractivity contribution < 1.29 is 14.0 Å². The molecule has 0 spiro atoms. The molecule has 0 saturated carbocycles. The molecule has 1 aliphatic rings. The smallest absolute Gasteiger partial charge is 0.271 e. The highest BCUT2D eigenvalue weighted by Gasteiger charge is 2.24. The summed E-state index contributed by atoms with van der Waals surface area (Å²) in [6.45, 7) is 0.200. The van der Waals surface area contributed by atoms with Crippen LogP contribution in [0.4, 0.5) is 10.1 Å². The Hall–Kier alpha value is -3.09. The van der Waals surface area contributed by atoms with Crippen LogP contribution < -0.4 is 5.32 Å². The molecule has 24 heavy (non-hydrogen) atoms. The van der Waals surface area contributed by atoms with Crippen LogP contribution >= 0.6 is 0 Å². The zero-order valence-corrected chi connectivity index (χ0v) is 12.8. The van der Waals surface area contributed by atoms with E-state index >= 15 is 0 Å². The molecule has 0 bridgehead atoms. The number of carbonyl (C=O) groups is 2. The van der Waals surface area contributed by atoms with Crippen LogP contribution in [0.3, 0.4) is 0 Å². The number of anilines is 1. The lowest BCUT2D eigenvalue weighted by molar-refractivity contribution is -0.132. The highest BCUT2D eigenvalue weighted by molar-refractivity contribution is 6.43. The molecular formula is C17H15FN4O2. The second kappa shape index (κ2) is 6.99. The first-order valence-electron chi connectivity index (χ1n) is 7.45. The van der Waals surface area contributed by atoms with Gasteiger partial charge in [-0.05, 0) is 29.8 Å². The lowest BCUT2D eigenvalue weighted by Gasteiger charge is -2.23. The molecule has 6 nitrogen and oxygen atoms in total. The van der Waals surface area contributed by atoms with E-state index in [0.29, 0.717) is 5.69 Å². The van der Waals surface area contributed by atoms with E-state index < -0.39 is 0 Å². The predicted octanol–water partition coefficient (Wildman–Crippen LogP) is 2.34. The van der Waals surface area contributed by atoms with E-state index in [4.69, 9.17) is 0 Å². The van der Waals surface area contributed by atoms with Crippen LogP contribution in [-0.2, 0) is 16.1 Å². The van der Waals surface area contributed by atoms with Crippen LogP contribution in [0.25, 0.3) is 0 Å². The quantitative estimate of drug-likeness (QED) is 0.937. The van der Waals surface area contributed by atoms with Gasteiger partial charge in [-0.1, -0.05) is 12.1 Å². The summed E-state index contributed by atoms with van der Waals surface area (Å²) in [5, 5.41) is 8.12. The van der Waals surface area contributed by atoms with Gasteiger partial charge in [0.05, 0.1) is 6.54 Å². The number of hydrazone groups is 1. The van der Waals surface area contributed by atoms with E-state index in [1.807, 2.05) is 0 Å². The van der Waals surface area contributed by atoms with E-state index in [-0.39, 0.29) is 42.7 Å². The third-order valence-electron chi connectivity index (χ3n) is 3.55. The maximum atomic E-state index is 13.0. The van der Waals surface area contributed by atoms with E-state index in [0.717, 1.165) is 5.56 Å². The largest absolute Gasteiger partial charge is 0.321 e. The number of nitrogens with one attached hydrogen (secondary N) is 1. The van der Waals surface area contributed by atoms with E-state index in [2.05, 4.69) is 15.4 Å². The standard InChI is InChI=1S/C17H15FN4O2/c18-13-3-1-12(2-4-13)11-22-16(23)6-5-15(21-22)17(24)20-14-7-9-19-10-8-14/h1-4,7-10H,5-6,11H2,(H,19,20,24). The SMILES string of the molecule is O=C(Nc1ccncc1)C1=NN(Cc2ccc(F)cc2)C(=O)CC1. The van der Waals surface area contributed by atoms with Crippen LogP contribution in [-0.4, -0.2) is 27.5 Å². The first-order valence-corrected chi connectivity index (χ1v) is 7.45. The summed E-state index contributed by atoms with van der Waals surface area (Å²) >= 11 is 0. The molecule has 3 rings (SSSR count). The second-order valence-electron chi connectivity index (χ2n) is 5.31. The third kappa shape index (κ3) is 3.81. The molecule has 1 aromatic carbocycles. The Morgan fingerprint density at radius 1 is 1.12 bits per heavy atom. The molecule has 2 amide bonds. The first-order chi connectivity index (χ1) is 11.6. The predicted molar refractivity (Wildman–Crippen MR) is 86.5 cm³/mol. The second-order valence-corrected chi connectivity index (χ2v) is 5.31. The van der Waals surface area contributed by atoms with E-state index in [1.54, 1.807) is 36.7 Å². The summed E-state index contributed by atoms with van der Waals surface area (Å²) in [6.07, 6.45) is 3.64. The monoisotopic (exact) mass is 326 g/mol. The van der Waals surface area contributed by atoms with Gasteiger partial charge in [0.25, 0.3) is 5.91 Å². The maximum Gasteiger partial charge on any atom is 0.271 e. The van der Waals surface area contributed by atoms with Crippen molar-refractivity contribution in [2.45, 2.75) is 19.4 Å². The number of pyridine rings is 1. The van der Waals surface area contributed by atoms with Crippen LogP contribution in [0.2, 0.25) is 0 Å². The minimum atomic E-state index is -0.349. The van der Waals surface area contributed by atoms with Crippen molar-refractivity contribution in [3.63, 3.8) is 0 Å². The van der Waals surface area contributed by atoms with Crippen molar-refractivity contribution in [2.24, 2.45) is 5.10 Å². The molecule has 0 fully saturated rings. The number of nitrogens with zero attached hydrogens (tertiary/aromatic N) is 3. The van der Waals surface area contributed by atoms with Crippen LogP contribution in [0.5, 0.6) is 0 Å². The summed E-state index contributed by atoms with van der Waals surface area (Å²) in [5.74, 6) is -0.859. The number of benzene rings is 1. The Morgan fingerprint density at radius 3 is 2.54 bits per heavy atom. The number of hydrogen-bond donors (Lipinski definition) is 1. The van der Waals surface area contributed by atoms with Crippen LogP contribution in [0.15, 0.2) is 53.9 Å². The molecule has 0 unspecified atom stereocenters. The van der Waals surface area contributed by atoms with Gasteiger partial charge in [0, 0.05) is 30.9 Å². The number of halogens is 1.